The third kappa shape index (κ3) is 5.29. The number of hydrogen-bond acceptors (Lipinski definition) is 5. The Balaban J connectivity index is 2.54. The van der Waals surface area contributed by atoms with Crippen LogP contribution < -0.4 is 10.5 Å². The zero-order chi connectivity index (χ0) is 14.5. The molecule has 0 amide bonds. The van der Waals surface area contributed by atoms with Gasteiger partial charge in [-0.2, -0.15) is 13.2 Å². The van der Waals surface area contributed by atoms with Crippen molar-refractivity contribution in [3.63, 3.8) is 0 Å². The van der Waals surface area contributed by atoms with Gasteiger partial charge in [-0.1, -0.05) is 0 Å². The smallest absolute Gasteiger partial charge is 0.441 e. The van der Waals surface area contributed by atoms with E-state index in [1.165, 1.54) is 25.3 Å². The number of carbonyl (C=O) groups excluding carboxylic acids is 1. The predicted molar refractivity (Wildman–Crippen MR) is 66.2 cm³/mol. The van der Waals surface area contributed by atoms with Gasteiger partial charge < -0.3 is 15.2 Å². The standard InChI is InChI=1S/C11H12F3NO3S/c1-17-9-6-7(15)2-3-8(9)10(16)18-4-5-19-11(12,13)14/h2-3,6H,4-5,15H2,1H3. The van der Waals surface area contributed by atoms with Crippen LogP contribution >= 0.6 is 11.8 Å². The van der Waals surface area contributed by atoms with Gasteiger partial charge in [-0.05, 0) is 23.9 Å². The van der Waals surface area contributed by atoms with Crippen molar-refractivity contribution in [1.29, 1.82) is 0 Å². The molecule has 0 saturated heterocycles. The molecule has 0 heterocycles. The first-order chi connectivity index (χ1) is 8.83. The lowest BCUT2D eigenvalue weighted by molar-refractivity contribution is -0.0331. The second-order valence-electron chi connectivity index (χ2n) is 3.39. The van der Waals surface area contributed by atoms with Gasteiger partial charge in [0.15, 0.2) is 0 Å². The van der Waals surface area contributed by atoms with Crippen molar-refractivity contribution in [2.45, 2.75) is 5.51 Å². The summed E-state index contributed by atoms with van der Waals surface area (Å²) >= 11 is -0.245. The maximum Gasteiger partial charge on any atom is 0.441 e. The number of ether oxygens (including phenoxy) is 2. The van der Waals surface area contributed by atoms with Crippen molar-refractivity contribution in [3.8, 4) is 5.75 Å². The third-order valence-electron chi connectivity index (χ3n) is 2.03. The zero-order valence-electron chi connectivity index (χ0n) is 9.99. The van der Waals surface area contributed by atoms with Gasteiger partial charge >= 0.3 is 11.5 Å². The molecule has 4 nitrogen and oxygen atoms in total. The average Bonchev–Trinajstić information content (AvgIpc) is 2.33. The molecule has 0 saturated carbocycles. The molecule has 0 aromatic heterocycles. The fourth-order valence-corrected chi connectivity index (χ4v) is 1.64. The number of rotatable bonds is 5. The number of halogens is 3. The maximum atomic E-state index is 11.9. The molecular weight excluding hydrogens is 283 g/mol. The van der Waals surface area contributed by atoms with Crippen LogP contribution in [0.25, 0.3) is 0 Å². The van der Waals surface area contributed by atoms with Crippen LogP contribution in [0.1, 0.15) is 10.4 Å². The van der Waals surface area contributed by atoms with E-state index in [0.717, 1.165) is 0 Å². The van der Waals surface area contributed by atoms with Crippen LogP contribution in [0.2, 0.25) is 0 Å². The molecule has 0 unspecified atom stereocenters. The van der Waals surface area contributed by atoms with Gasteiger partial charge in [0.05, 0.1) is 7.11 Å². The monoisotopic (exact) mass is 295 g/mol. The highest BCUT2D eigenvalue weighted by molar-refractivity contribution is 8.00. The summed E-state index contributed by atoms with van der Waals surface area (Å²) in [7, 11) is 1.35. The van der Waals surface area contributed by atoms with Crippen LogP contribution in [0.4, 0.5) is 18.9 Å². The summed E-state index contributed by atoms with van der Waals surface area (Å²) in [5, 5.41) is 0. The second kappa shape index (κ2) is 6.55. The fourth-order valence-electron chi connectivity index (χ4n) is 1.25. The van der Waals surface area contributed by atoms with Crippen molar-refractivity contribution in [2.24, 2.45) is 0 Å². The topological polar surface area (TPSA) is 61.5 Å². The molecule has 2 N–H and O–H groups in total. The SMILES string of the molecule is COc1cc(N)ccc1C(=O)OCCSC(F)(F)F. The number of hydrogen-bond donors (Lipinski definition) is 1. The number of alkyl halides is 3. The molecule has 1 aromatic carbocycles. The quantitative estimate of drug-likeness (QED) is 0.514. The molecule has 0 spiro atoms. The predicted octanol–water partition coefficient (Wildman–Crippen LogP) is 2.69. The summed E-state index contributed by atoms with van der Waals surface area (Å²) in [6.45, 7) is -0.337. The Bertz CT molecular complexity index is 451. The molecule has 19 heavy (non-hydrogen) atoms. The molecule has 0 aliphatic heterocycles. The minimum absolute atomic E-state index is 0.119. The number of thioether (sulfide) groups is 1. The van der Waals surface area contributed by atoms with E-state index in [0.29, 0.717) is 5.69 Å². The zero-order valence-corrected chi connectivity index (χ0v) is 10.8. The highest BCUT2D eigenvalue weighted by Crippen LogP contribution is 2.29. The lowest BCUT2D eigenvalue weighted by Crippen LogP contribution is -2.11. The average molecular weight is 295 g/mol. The first-order valence-corrected chi connectivity index (χ1v) is 6.13. The largest absolute Gasteiger partial charge is 0.496 e. The highest BCUT2D eigenvalue weighted by Gasteiger charge is 2.27. The Morgan fingerprint density at radius 1 is 1.42 bits per heavy atom. The molecule has 0 fully saturated rings. The Labute approximate surface area is 112 Å². The van der Waals surface area contributed by atoms with Gasteiger partial charge in [0.2, 0.25) is 0 Å². The molecule has 1 aromatic rings. The molecule has 1 rings (SSSR count). The van der Waals surface area contributed by atoms with Crippen LogP contribution in [-0.2, 0) is 4.74 Å². The Hall–Kier alpha value is -1.57. The normalized spacial score (nSPS) is 11.2. The van der Waals surface area contributed by atoms with Crippen LogP contribution in [0.5, 0.6) is 5.75 Å². The molecule has 106 valence electrons. The molecular formula is C11H12F3NO3S. The number of benzene rings is 1. The van der Waals surface area contributed by atoms with E-state index in [1.54, 1.807) is 0 Å². The second-order valence-corrected chi connectivity index (χ2v) is 4.55. The van der Waals surface area contributed by atoms with E-state index in [9.17, 15) is 18.0 Å². The third-order valence-corrected chi connectivity index (χ3v) is 2.73. The van der Waals surface area contributed by atoms with Gasteiger partial charge in [0.1, 0.15) is 17.9 Å². The van der Waals surface area contributed by atoms with Crippen molar-refractivity contribution < 1.29 is 27.4 Å². The van der Waals surface area contributed by atoms with E-state index in [2.05, 4.69) is 0 Å². The van der Waals surface area contributed by atoms with Crippen molar-refractivity contribution in [3.05, 3.63) is 23.8 Å². The van der Waals surface area contributed by atoms with E-state index in [-0.39, 0.29) is 35.4 Å². The Kier molecular flexibility index (Phi) is 5.34. The van der Waals surface area contributed by atoms with Crippen molar-refractivity contribution in [2.75, 3.05) is 25.2 Å². The molecule has 0 aliphatic carbocycles. The van der Waals surface area contributed by atoms with E-state index < -0.39 is 11.5 Å². The van der Waals surface area contributed by atoms with Gasteiger partial charge in [-0.25, -0.2) is 4.79 Å². The number of esters is 1. The lowest BCUT2D eigenvalue weighted by Gasteiger charge is -2.10. The lowest BCUT2D eigenvalue weighted by atomic mass is 10.2. The van der Waals surface area contributed by atoms with Crippen LogP contribution in [0.15, 0.2) is 18.2 Å². The number of methoxy groups -OCH3 is 1. The summed E-state index contributed by atoms with van der Waals surface area (Å²) < 4.78 is 45.2. The highest BCUT2D eigenvalue weighted by atomic mass is 32.2. The number of nitrogen functional groups attached to an aromatic ring is 1. The molecule has 0 radical (unpaired) electrons. The van der Waals surface area contributed by atoms with Gasteiger partial charge in [0.25, 0.3) is 0 Å². The summed E-state index contributed by atoms with van der Waals surface area (Å²) in [5.41, 5.74) is 1.71. The maximum absolute atomic E-state index is 11.9. The van der Waals surface area contributed by atoms with Crippen molar-refractivity contribution in [1.82, 2.24) is 0 Å². The summed E-state index contributed by atoms with van der Waals surface area (Å²) in [4.78, 5) is 11.6. The summed E-state index contributed by atoms with van der Waals surface area (Å²) in [6.07, 6.45) is 0. The Morgan fingerprint density at radius 3 is 2.68 bits per heavy atom. The molecule has 8 heteroatoms. The van der Waals surface area contributed by atoms with Gasteiger partial charge in [-0.3, -0.25) is 0 Å². The van der Waals surface area contributed by atoms with E-state index in [1.807, 2.05) is 0 Å². The molecule has 0 atom stereocenters. The summed E-state index contributed by atoms with van der Waals surface area (Å²) in [6, 6.07) is 4.30. The van der Waals surface area contributed by atoms with Crippen LogP contribution in [-0.4, -0.2) is 30.9 Å². The van der Waals surface area contributed by atoms with Crippen LogP contribution in [0, 0.1) is 0 Å². The number of nitrogens with two attached hydrogens (primary N) is 1. The Morgan fingerprint density at radius 2 is 2.11 bits per heavy atom. The minimum Gasteiger partial charge on any atom is -0.496 e. The number of carbonyl (C=O) groups is 1. The van der Waals surface area contributed by atoms with E-state index in [4.69, 9.17) is 15.2 Å². The first kappa shape index (κ1) is 15.5. The molecule has 0 aliphatic rings. The van der Waals surface area contributed by atoms with Gasteiger partial charge in [-0.15, -0.1) is 0 Å². The first-order valence-electron chi connectivity index (χ1n) is 5.15. The van der Waals surface area contributed by atoms with E-state index >= 15 is 0 Å². The van der Waals surface area contributed by atoms with Crippen molar-refractivity contribution >= 4 is 23.4 Å². The number of anilines is 1. The minimum atomic E-state index is -4.33. The van der Waals surface area contributed by atoms with Crippen LogP contribution in [0.3, 0.4) is 0 Å². The van der Waals surface area contributed by atoms with Gasteiger partial charge in [0, 0.05) is 17.5 Å². The summed E-state index contributed by atoms with van der Waals surface area (Å²) in [5.74, 6) is -0.889. The molecule has 0 bridgehead atoms. The fraction of sp³-hybridized carbons (Fsp3) is 0.364.